The van der Waals surface area contributed by atoms with Gasteiger partial charge in [0, 0.05) is 24.9 Å². The molecule has 0 radical (unpaired) electrons. The highest BCUT2D eigenvalue weighted by Gasteiger charge is 2.48. The van der Waals surface area contributed by atoms with Gasteiger partial charge in [0.05, 0.1) is 6.10 Å². The number of carbonyl (C=O) groups is 1. The van der Waals surface area contributed by atoms with Gasteiger partial charge in [0.25, 0.3) is 0 Å². The lowest BCUT2D eigenvalue weighted by molar-refractivity contribution is -0.132. The van der Waals surface area contributed by atoms with Crippen LogP contribution >= 0.6 is 0 Å². The Kier molecular flexibility index (Phi) is 1.88. The maximum absolute atomic E-state index is 11.3. The lowest BCUT2D eigenvalue weighted by Crippen LogP contribution is -2.44. The lowest BCUT2D eigenvalue weighted by Gasteiger charge is -2.36. The maximum Gasteiger partial charge on any atom is 0.219 e. The molecule has 0 aromatic heterocycles. The van der Waals surface area contributed by atoms with Crippen molar-refractivity contribution in [2.24, 2.45) is 5.92 Å². The molecule has 3 atom stereocenters. The molecular formula is C10H17NO2. The van der Waals surface area contributed by atoms with Gasteiger partial charge in [0.1, 0.15) is 0 Å². The van der Waals surface area contributed by atoms with Gasteiger partial charge in [-0.05, 0) is 26.2 Å². The van der Waals surface area contributed by atoms with Gasteiger partial charge >= 0.3 is 0 Å². The fourth-order valence-corrected chi connectivity index (χ4v) is 2.89. The van der Waals surface area contributed by atoms with E-state index in [9.17, 15) is 9.90 Å². The first-order valence-electron chi connectivity index (χ1n) is 4.99. The van der Waals surface area contributed by atoms with E-state index in [-0.39, 0.29) is 17.6 Å². The highest BCUT2D eigenvalue weighted by atomic mass is 16.3. The first kappa shape index (κ1) is 9.00. The quantitative estimate of drug-likeness (QED) is 0.602. The third kappa shape index (κ3) is 1.26. The molecule has 1 aliphatic carbocycles. The highest BCUT2D eigenvalue weighted by molar-refractivity contribution is 5.74. The molecule has 13 heavy (non-hydrogen) atoms. The van der Waals surface area contributed by atoms with Crippen LogP contribution in [0.25, 0.3) is 0 Å². The summed E-state index contributed by atoms with van der Waals surface area (Å²) in [5, 5.41) is 9.67. The number of likely N-dealkylation sites (tertiary alicyclic amines) is 1. The van der Waals surface area contributed by atoms with Gasteiger partial charge in [0.15, 0.2) is 0 Å². The van der Waals surface area contributed by atoms with Gasteiger partial charge in [-0.3, -0.25) is 4.79 Å². The van der Waals surface area contributed by atoms with Crippen LogP contribution in [-0.4, -0.2) is 34.1 Å². The minimum absolute atomic E-state index is 0.0374. The van der Waals surface area contributed by atoms with E-state index in [0.717, 1.165) is 25.8 Å². The smallest absolute Gasteiger partial charge is 0.219 e. The standard InChI is InChI=1S/C10H17NO2/c1-7(12)11-6-8-5-10(11,2)4-3-9(8)13/h8-9,13H,3-6H2,1-2H3/t8-,9-,10-/m1/s1. The summed E-state index contributed by atoms with van der Waals surface area (Å²) in [7, 11) is 0. The molecule has 0 spiro atoms. The Labute approximate surface area is 78.7 Å². The first-order chi connectivity index (χ1) is 6.03. The molecule has 2 bridgehead atoms. The predicted molar refractivity (Wildman–Crippen MR) is 49.1 cm³/mol. The summed E-state index contributed by atoms with van der Waals surface area (Å²) in [6.45, 7) is 4.52. The number of carbonyl (C=O) groups excluding carboxylic acids is 1. The number of aliphatic hydroxyl groups excluding tert-OH is 1. The minimum Gasteiger partial charge on any atom is -0.393 e. The molecule has 74 valence electrons. The second-order valence-electron chi connectivity index (χ2n) is 4.70. The second-order valence-corrected chi connectivity index (χ2v) is 4.70. The number of hydrogen-bond donors (Lipinski definition) is 1. The van der Waals surface area contributed by atoms with Crippen molar-refractivity contribution in [3.05, 3.63) is 0 Å². The average Bonchev–Trinajstić information content (AvgIpc) is 2.34. The van der Waals surface area contributed by atoms with Crippen LogP contribution in [-0.2, 0) is 4.79 Å². The highest BCUT2D eigenvalue weighted by Crippen LogP contribution is 2.43. The van der Waals surface area contributed by atoms with E-state index < -0.39 is 0 Å². The molecule has 1 saturated carbocycles. The van der Waals surface area contributed by atoms with E-state index in [4.69, 9.17) is 0 Å². The third-order valence-corrected chi connectivity index (χ3v) is 3.67. The summed E-state index contributed by atoms with van der Waals surface area (Å²) in [6.07, 6.45) is 2.60. The molecule has 0 aromatic rings. The normalized spacial score (nSPS) is 43.8. The van der Waals surface area contributed by atoms with Gasteiger partial charge in [0.2, 0.25) is 5.91 Å². The monoisotopic (exact) mass is 183 g/mol. The molecule has 2 fully saturated rings. The van der Waals surface area contributed by atoms with Crippen molar-refractivity contribution in [1.82, 2.24) is 4.90 Å². The second kappa shape index (κ2) is 2.71. The Bertz CT molecular complexity index is 241. The Hall–Kier alpha value is -0.570. The first-order valence-corrected chi connectivity index (χ1v) is 4.99. The van der Waals surface area contributed by atoms with Crippen LogP contribution in [0.15, 0.2) is 0 Å². The van der Waals surface area contributed by atoms with E-state index in [2.05, 4.69) is 6.92 Å². The SMILES string of the molecule is CC(=O)N1C[C@H]2C[C@@]1(C)CC[C@H]2O. The molecule has 1 amide bonds. The maximum atomic E-state index is 11.3. The van der Waals surface area contributed by atoms with Crippen molar-refractivity contribution >= 4 is 5.91 Å². The molecule has 1 saturated heterocycles. The number of hydrogen-bond acceptors (Lipinski definition) is 2. The Morgan fingerprint density at radius 2 is 2.31 bits per heavy atom. The number of fused-ring (bicyclic) bond motifs is 2. The number of nitrogens with zero attached hydrogens (tertiary/aromatic N) is 1. The van der Waals surface area contributed by atoms with Crippen molar-refractivity contribution in [2.75, 3.05) is 6.54 Å². The molecular weight excluding hydrogens is 166 g/mol. The number of aliphatic hydroxyl groups is 1. The van der Waals surface area contributed by atoms with Crippen LogP contribution in [0.4, 0.5) is 0 Å². The molecule has 2 rings (SSSR count). The van der Waals surface area contributed by atoms with Crippen LogP contribution < -0.4 is 0 Å². The third-order valence-electron chi connectivity index (χ3n) is 3.67. The van der Waals surface area contributed by atoms with Crippen molar-refractivity contribution in [3.8, 4) is 0 Å². The van der Waals surface area contributed by atoms with E-state index in [0.29, 0.717) is 5.92 Å². The minimum atomic E-state index is -0.183. The van der Waals surface area contributed by atoms with Crippen molar-refractivity contribution in [2.45, 2.75) is 44.8 Å². The summed E-state index contributed by atoms with van der Waals surface area (Å²) in [6, 6.07) is 0. The Morgan fingerprint density at radius 1 is 1.62 bits per heavy atom. The number of rotatable bonds is 0. The van der Waals surface area contributed by atoms with E-state index in [1.165, 1.54) is 0 Å². The number of amides is 1. The van der Waals surface area contributed by atoms with Crippen LogP contribution in [0.1, 0.15) is 33.1 Å². The lowest BCUT2D eigenvalue weighted by atomic mass is 9.79. The molecule has 1 N–H and O–H groups in total. The Morgan fingerprint density at radius 3 is 2.85 bits per heavy atom. The van der Waals surface area contributed by atoms with Crippen molar-refractivity contribution in [1.29, 1.82) is 0 Å². The van der Waals surface area contributed by atoms with Gasteiger partial charge in [-0.1, -0.05) is 0 Å². The Balaban J connectivity index is 2.22. The van der Waals surface area contributed by atoms with Crippen LogP contribution in [0, 0.1) is 5.92 Å². The zero-order valence-electron chi connectivity index (χ0n) is 8.29. The fraction of sp³-hybridized carbons (Fsp3) is 0.900. The van der Waals surface area contributed by atoms with Gasteiger partial charge < -0.3 is 10.0 Å². The molecule has 0 unspecified atom stereocenters. The molecule has 1 aliphatic heterocycles. The average molecular weight is 183 g/mol. The largest absolute Gasteiger partial charge is 0.393 e. The van der Waals surface area contributed by atoms with Crippen LogP contribution in [0.5, 0.6) is 0 Å². The van der Waals surface area contributed by atoms with E-state index >= 15 is 0 Å². The van der Waals surface area contributed by atoms with Gasteiger partial charge in [-0.25, -0.2) is 0 Å². The van der Waals surface area contributed by atoms with E-state index in [1.807, 2.05) is 4.90 Å². The predicted octanol–water partition coefficient (Wildman–Crippen LogP) is 0.768. The summed E-state index contributed by atoms with van der Waals surface area (Å²) >= 11 is 0. The molecule has 1 heterocycles. The van der Waals surface area contributed by atoms with Gasteiger partial charge in [-0.15, -0.1) is 0 Å². The topological polar surface area (TPSA) is 40.5 Å². The summed E-state index contributed by atoms with van der Waals surface area (Å²) < 4.78 is 0. The zero-order valence-corrected chi connectivity index (χ0v) is 8.29. The molecule has 3 nitrogen and oxygen atoms in total. The summed E-state index contributed by atoms with van der Waals surface area (Å²) in [4.78, 5) is 13.3. The van der Waals surface area contributed by atoms with Crippen molar-refractivity contribution in [3.63, 3.8) is 0 Å². The molecule has 3 heteroatoms. The van der Waals surface area contributed by atoms with E-state index in [1.54, 1.807) is 6.92 Å². The van der Waals surface area contributed by atoms with Gasteiger partial charge in [-0.2, -0.15) is 0 Å². The fourth-order valence-electron chi connectivity index (χ4n) is 2.89. The molecule has 0 aromatic carbocycles. The van der Waals surface area contributed by atoms with Crippen molar-refractivity contribution < 1.29 is 9.90 Å². The summed E-state index contributed by atoms with van der Waals surface area (Å²) in [5.41, 5.74) is 0.0374. The van der Waals surface area contributed by atoms with Crippen LogP contribution in [0.3, 0.4) is 0 Å². The summed E-state index contributed by atoms with van der Waals surface area (Å²) in [5.74, 6) is 0.474. The van der Waals surface area contributed by atoms with Crippen LogP contribution in [0.2, 0.25) is 0 Å². The molecule has 2 aliphatic rings. The zero-order chi connectivity index (χ0) is 9.64.